The van der Waals surface area contributed by atoms with Gasteiger partial charge in [-0.05, 0) is 62.6 Å². The molecule has 1 heterocycles. The number of rotatable bonds is 11. The van der Waals surface area contributed by atoms with Crippen molar-refractivity contribution >= 4 is 18.3 Å². The number of alkyl halides is 2. The normalized spacial score (nSPS) is 16.4. The molecule has 3 N–H and O–H groups in total. The summed E-state index contributed by atoms with van der Waals surface area (Å²) >= 11 is 0. The van der Waals surface area contributed by atoms with Crippen LogP contribution < -0.4 is 20.7 Å². The number of amides is 1. The molecule has 0 bridgehead atoms. The van der Waals surface area contributed by atoms with Crippen LogP contribution in [0.1, 0.15) is 54.9 Å². The average Bonchev–Trinajstić information content (AvgIpc) is 3.65. The fraction of sp³-hybridized carbons (Fsp3) is 0.524. The van der Waals surface area contributed by atoms with Crippen molar-refractivity contribution in [2.45, 2.75) is 45.3 Å². The molecule has 11 heteroatoms. The van der Waals surface area contributed by atoms with Crippen LogP contribution in [-0.4, -0.2) is 30.7 Å². The topological polar surface area (TPSA) is 109 Å². The number of halogens is 3. The monoisotopic (exact) mass is 473 g/mol. The van der Waals surface area contributed by atoms with Gasteiger partial charge in [-0.2, -0.15) is 8.78 Å². The maximum atomic E-state index is 12.7. The fourth-order valence-electron chi connectivity index (χ4n) is 2.92. The number of hydroxylamine groups is 1. The Bertz CT molecular complexity index is 932. The van der Waals surface area contributed by atoms with Gasteiger partial charge < -0.3 is 19.6 Å². The standard InChI is InChI=1S/C21H25F2N3O5.ClH/c1-11(24)18-17(19(27)26-29-10-13-4-5-13)25-20(31-18)14-6-7-15(30-21(22)23)16(8-14)28-9-12-2-3-12;/h6-8,11-13,21H,2-5,9-10,24H2,1H3,(H,26,27);1H/t11-;/m0./s1. The van der Waals surface area contributed by atoms with Crippen molar-refractivity contribution in [2.24, 2.45) is 17.6 Å². The van der Waals surface area contributed by atoms with Gasteiger partial charge in [0, 0.05) is 5.56 Å². The van der Waals surface area contributed by atoms with E-state index in [1.54, 1.807) is 6.92 Å². The molecule has 0 unspecified atom stereocenters. The number of ether oxygens (including phenoxy) is 2. The predicted octanol–water partition coefficient (Wildman–Crippen LogP) is 4.24. The molecule has 2 aromatic rings. The second kappa shape index (κ2) is 10.5. The molecule has 176 valence electrons. The van der Waals surface area contributed by atoms with E-state index in [0.29, 0.717) is 30.6 Å². The number of nitrogens with two attached hydrogens (primary N) is 1. The molecule has 1 atom stereocenters. The summed E-state index contributed by atoms with van der Waals surface area (Å²) < 4.78 is 41.5. The second-order valence-corrected chi connectivity index (χ2v) is 8.00. The first kappa shape index (κ1) is 24.2. The van der Waals surface area contributed by atoms with Crippen molar-refractivity contribution in [3.63, 3.8) is 0 Å². The largest absolute Gasteiger partial charge is 0.489 e. The van der Waals surface area contributed by atoms with Gasteiger partial charge in [0.2, 0.25) is 5.89 Å². The highest BCUT2D eigenvalue weighted by Crippen LogP contribution is 2.37. The summed E-state index contributed by atoms with van der Waals surface area (Å²) in [5, 5.41) is 0. The first-order chi connectivity index (χ1) is 14.9. The number of hydrogen-bond acceptors (Lipinski definition) is 7. The van der Waals surface area contributed by atoms with Crippen LogP contribution in [0.3, 0.4) is 0 Å². The Morgan fingerprint density at radius 2 is 1.91 bits per heavy atom. The Balaban J connectivity index is 0.00000289. The zero-order valence-electron chi connectivity index (χ0n) is 17.5. The third-order valence-electron chi connectivity index (χ3n) is 5.04. The summed E-state index contributed by atoms with van der Waals surface area (Å²) in [4.78, 5) is 22.0. The molecule has 1 amide bonds. The third kappa shape index (κ3) is 6.30. The molecule has 2 aliphatic carbocycles. The highest BCUT2D eigenvalue weighted by atomic mass is 35.5. The number of benzene rings is 1. The first-order valence-corrected chi connectivity index (χ1v) is 10.3. The van der Waals surface area contributed by atoms with E-state index in [2.05, 4.69) is 15.2 Å². The van der Waals surface area contributed by atoms with Gasteiger partial charge in [0.1, 0.15) is 0 Å². The molecule has 2 saturated carbocycles. The van der Waals surface area contributed by atoms with Crippen LogP contribution in [0.2, 0.25) is 0 Å². The molecule has 4 rings (SSSR count). The molecule has 8 nitrogen and oxygen atoms in total. The lowest BCUT2D eigenvalue weighted by atomic mass is 10.2. The van der Waals surface area contributed by atoms with Gasteiger partial charge in [-0.15, -0.1) is 12.4 Å². The Morgan fingerprint density at radius 1 is 1.22 bits per heavy atom. The summed E-state index contributed by atoms with van der Waals surface area (Å²) in [5.41, 5.74) is 8.76. The summed E-state index contributed by atoms with van der Waals surface area (Å²) in [5.74, 6) is 0.708. The van der Waals surface area contributed by atoms with Crippen molar-refractivity contribution in [3.8, 4) is 23.0 Å². The highest BCUT2D eigenvalue weighted by molar-refractivity contribution is 5.93. The molecule has 0 aliphatic heterocycles. The quantitative estimate of drug-likeness (QED) is 0.469. The minimum atomic E-state index is -2.98. The number of oxazole rings is 1. The van der Waals surface area contributed by atoms with E-state index in [9.17, 15) is 13.6 Å². The molecule has 1 aromatic heterocycles. The number of carbonyl (C=O) groups is 1. The third-order valence-corrected chi connectivity index (χ3v) is 5.04. The second-order valence-electron chi connectivity index (χ2n) is 8.00. The van der Waals surface area contributed by atoms with Crippen LogP contribution in [0, 0.1) is 11.8 Å². The van der Waals surface area contributed by atoms with Crippen molar-refractivity contribution in [3.05, 3.63) is 29.7 Å². The maximum Gasteiger partial charge on any atom is 0.387 e. The number of nitrogens with one attached hydrogen (secondary N) is 1. The SMILES string of the molecule is C[C@H](N)c1oc(-c2ccc(OC(F)F)c(OCC3CC3)c2)nc1C(=O)NOCC1CC1.Cl. The van der Waals surface area contributed by atoms with Crippen molar-refractivity contribution in [1.29, 1.82) is 0 Å². The van der Waals surface area contributed by atoms with Gasteiger partial charge in [-0.1, -0.05) is 0 Å². The van der Waals surface area contributed by atoms with E-state index in [1.807, 2.05) is 0 Å². The van der Waals surface area contributed by atoms with E-state index < -0.39 is 18.6 Å². The molecular weight excluding hydrogens is 448 g/mol. The van der Waals surface area contributed by atoms with Crippen LogP contribution in [0.25, 0.3) is 11.5 Å². The van der Waals surface area contributed by atoms with E-state index in [0.717, 1.165) is 25.7 Å². The van der Waals surface area contributed by atoms with E-state index in [4.69, 9.17) is 19.7 Å². The first-order valence-electron chi connectivity index (χ1n) is 10.3. The Labute approximate surface area is 190 Å². The van der Waals surface area contributed by atoms with Gasteiger partial charge >= 0.3 is 6.61 Å². The molecule has 2 aliphatic rings. The molecule has 2 fully saturated rings. The minimum absolute atomic E-state index is 0. The van der Waals surface area contributed by atoms with Gasteiger partial charge in [0.25, 0.3) is 5.91 Å². The number of hydrogen-bond donors (Lipinski definition) is 2. The van der Waals surface area contributed by atoms with Gasteiger partial charge in [0.15, 0.2) is 23.0 Å². The Morgan fingerprint density at radius 3 is 2.53 bits per heavy atom. The molecular formula is C21H26ClF2N3O5. The van der Waals surface area contributed by atoms with Gasteiger partial charge in [-0.3, -0.25) is 9.63 Å². The van der Waals surface area contributed by atoms with E-state index in [-0.39, 0.29) is 41.3 Å². The Hall–Kier alpha value is -2.43. The van der Waals surface area contributed by atoms with E-state index in [1.165, 1.54) is 18.2 Å². The van der Waals surface area contributed by atoms with Crippen LogP contribution >= 0.6 is 12.4 Å². The predicted molar refractivity (Wildman–Crippen MR) is 113 cm³/mol. The average molecular weight is 474 g/mol. The lowest BCUT2D eigenvalue weighted by molar-refractivity contribution is -0.0515. The Kier molecular flexibility index (Phi) is 7.91. The lowest BCUT2D eigenvalue weighted by Crippen LogP contribution is -2.26. The van der Waals surface area contributed by atoms with Gasteiger partial charge in [0.05, 0.1) is 19.3 Å². The van der Waals surface area contributed by atoms with E-state index >= 15 is 0 Å². The molecule has 0 radical (unpaired) electrons. The molecule has 0 saturated heterocycles. The summed E-state index contributed by atoms with van der Waals surface area (Å²) in [7, 11) is 0. The van der Waals surface area contributed by atoms with Crippen LogP contribution in [-0.2, 0) is 4.84 Å². The van der Waals surface area contributed by atoms with Crippen LogP contribution in [0.15, 0.2) is 22.6 Å². The maximum absolute atomic E-state index is 12.7. The highest BCUT2D eigenvalue weighted by Gasteiger charge is 2.27. The molecule has 32 heavy (non-hydrogen) atoms. The van der Waals surface area contributed by atoms with Gasteiger partial charge in [-0.25, -0.2) is 10.5 Å². The van der Waals surface area contributed by atoms with Crippen molar-refractivity contribution < 1.29 is 32.3 Å². The zero-order chi connectivity index (χ0) is 22.0. The number of carbonyl (C=O) groups excluding carboxylic acids is 1. The molecule has 0 spiro atoms. The van der Waals surface area contributed by atoms with Crippen LogP contribution in [0.4, 0.5) is 8.78 Å². The zero-order valence-corrected chi connectivity index (χ0v) is 18.3. The summed E-state index contributed by atoms with van der Waals surface area (Å²) in [6, 6.07) is 3.77. The molecule has 1 aromatic carbocycles. The lowest BCUT2D eigenvalue weighted by Gasteiger charge is -2.12. The smallest absolute Gasteiger partial charge is 0.387 e. The summed E-state index contributed by atoms with van der Waals surface area (Å²) in [6.07, 6.45) is 4.27. The van der Waals surface area contributed by atoms with Crippen LogP contribution in [0.5, 0.6) is 11.5 Å². The number of nitrogens with zero attached hydrogens (tertiary/aromatic N) is 1. The fourth-order valence-corrected chi connectivity index (χ4v) is 2.92. The van der Waals surface area contributed by atoms with Crippen molar-refractivity contribution in [1.82, 2.24) is 10.5 Å². The number of aromatic nitrogens is 1. The summed E-state index contributed by atoms with van der Waals surface area (Å²) in [6.45, 7) is -0.467. The van der Waals surface area contributed by atoms with Crippen molar-refractivity contribution in [2.75, 3.05) is 13.2 Å². The minimum Gasteiger partial charge on any atom is -0.489 e.